The van der Waals surface area contributed by atoms with Gasteiger partial charge in [-0.1, -0.05) is 12.8 Å². The van der Waals surface area contributed by atoms with Gasteiger partial charge in [0.25, 0.3) is 0 Å². The van der Waals surface area contributed by atoms with Crippen molar-refractivity contribution < 1.29 is 18.3 Å². The Morgan fingerprint density at radius 1 is 1.36 bits per heavy atom. The molecule has 1 N–H and O–H groups in total. The molecule has 0 aromatic carbocycles. The second-order valence-corrected chi connectivity index (χ2v) is 6.46. The van der Waals surface area contributed by atoms with Gasteiger partial charge in [-0.05, 0) is 24.4 Å². The predicted octanol–water partition coefficient (Wildman–Crippen LogP) is 1.80. The zero-order valence-corrected chi connectivity index (χ0v) is 12.9. The third-order valence-corrected chi connectivity index (χ3v) is 5.14. The quantitative estimate of drug-likeness (QED) is 0.742. The fourth-order valence-electron chi connectivity index (χ4n) is 3.86. The number of alkyl halides is 3. The Kier molecular flexibility index (Phi) is 3.89. The van der Waals surface area contributed by atoms with Gasteiger partial charge >= 0.3 is 6.18 Å². The molecule has 2 aliphatic heterocycles. The van der Waals surface area contributed by atoms with E-state index in [0.29, 0.717) is 18.7 Å². The lowest BCUT2D eigenvalue weighted by Crippen LogP contribution is -2.73. The van der Waals surface area contributed by atoms with E-state index in [9.17, 15) is 18.3 Å². The van der Waals surface area contributed by atoms with E-state index < -0.39 is 30.5 Å². The maximum Gasteiger partial charge on any atom is 0.401 e. The number of fused-ring (bicyclic) bond motifs is 1. The number of piperazine rings is 1. The van der Waals surface area contributed by atoms with Crippen LogP contribution in [0.1, 0.15) is 25.7 Å². The molecule has 3 aliphatic rings. The van der Waals surface area contributed by atoms with E-state index in [1.165, 1.54) is 0 Å². The van der Waals surface area contributed by atoms with Crippen LogP contribution in [-0.4, -0.2) is 70.2 Å². The van der Waals surface area contributed by atoms with Crippen molar-refractivity contribution in [3.63, 3.8) is 0 Å². The van der Waals surface area contributed by atoms with Gasteiger partial charge < -0.3 is 10.0 Å². The Morgan fingerprint density at radius 2 is 2.00 bits per heavy atom. The molecule has 2 atom stereocenters. The van der Waals surface area contributed by atoms with E-state index in [1.54, 1.807) is 7.05 Å². The molecular formula is C13H18ClF3N4O. The highest BCUT2D eigenvalue weighted by Crippen LogP contribution is 2.43. The van der Waals surface area contributed by atoms with Crippen LogP contribution >= 0.6 is 11.6 Å². The number of amidine groups is 2. The van der Waals surface area contributed by atoms with Gasteiger partial charge in [-0.15, -0.1) is 0 Å². The number of aliphatic hydroxyl groups excluding tert-OH is 1. The SMILES string of the molecule is CN1C2=NC(Cl)=NCC2N(CC(F)(F)F)C(O)C12CCCC2. The van der Waals surface area contributed by atoms with Gasteiger partial charge in [-0.25, -0.2) is 4.99 Å². The van der Waals surface area contributed by atoms with Gasteiger partial charge in [-0.3, -0.25) is 9.89 Å². The summed E-state index contributed by atoms with van der Waals surface area (Å²) in [6, 6.07) is -0.699. The van der Waals surface area contributed by atoms with Crippen LogP contribution in [0, 0.1) is 0 Å². The third-order valence-electron chi connectivity index (χ3n) is 4.94. The molecule has 2 unspecified atom stereocenters. The lowest BCUT2D eigenvalue weighted by molar-refractivity contribution is -0.196. The molecule has 0 bridgehead atoms. The first-order chi connectivity index (χ1) is 10.2. The molecule has 22 heavy (non-hydrogen) atoms. The number of aliphatic hydroxyl groups is 1. The smallest absolute Gasteiger partial charge is 0.376 e. The molecule has 1 saturated heterocycles. The van der Waals surface area contributed by atoms with Crippen LogP contribution in [0.3, 0.4) is 0 Å². The fraction of sp³-hybridized carbons (Fsp3) is 0.846. The lowest BCUT2D eigenvalue weighted by Gasteiger charge is -2.56. The van der Waals surface area contributed by atoms with Gasteiger partial charge in [-0.2, -0.15) is 13.2 Å². The first kappa shape index (κ1) is 16.0. The first-order valence-electron chi connectivity index (χ1n) is 7.27. The van der Waals surface area contributed by atoms with Crippen LogP contribution in [0.2, 0.25) is 0 Å². The highest BCUT2D eigenvalue weighted by molar-refractivity contribution is 6.65. The molecular weight excluding hydrogens is 321 g/mol. The highest BCUT2D eigenvalue weighted by Gasteiger charge is 2.56. The van der Waals surface area contributed by atoms with Crippen LogP contribution in [0.4, 0.5) is 13.2 Å². The van der Waals surface area contributed by atoms with E-state index in [0.717, 1.165) is 17.7 Å². The summed E-state index contributed by atoms with van der Waals surface area (Å²) in [6.07, 6.45) is -2.56. The minimum atomic E-state index is -4.40. The van der Waals surface area contributed by atoms with Crippen molar-refractivity contribution in [2.45, 2.75) is 49.7 Å². The third kappa shape index (κ3) is 2.51. The molecule has 1 saturated carbocycles. The second-order valence-electron chi connectivity index (χ2n) is 6.13. The molecule has 2 heterocycles. The average molecular weight is 339 g/mol. The molecule has 1 spiro atoms. The number of halogens is 4. The van der Waals surface area contributed by atoms with Crippen molar-refractivity contribution in [1.82, 2.24) is 9.80 Å². The minimum absolute atomic E-state index is 0.0506. The maximum atomic E-state index is 13.0. The average Bonchev–Trinajstić information content (AvgIpc) is 2.91. The van der Waals surface area contributed by atoms with Crippen molar-refractivity contribution in [3.05, 3.63) is 0 Å². The zero-order chi connectivity index (χ0) is 16.1. The van der Waals surface area contributed by atoms with Crippen LogP contribution < -0.4 is 0 Å². The van der Waals surface area contributed by atoms with E-state index in [1.807, 2.05) is 4.90 Å². The summed E-state index contributed by atoms with van der Waals surface area (Å²) in [5.41, 5.74) is -0.727. The molecule has 124 valence electrons. The topological polar surface area (TPSA) is 51.4 Å². The van der Waals surface area contributed by atoms with Crippen molar-refractivity contribution >= 4 is 22.7 Å². The normalized spacial score (nSPS) is 32.0. The standard InChI is InChI=1S/C13H18ClF3N4O/c1-20-9-8(6-18-11(14)19-9)21(7-13(15,16)17)10(22)12(20)4-2-3-5-12/h8,10,22H,2-7H2,1H3. The molecule has 3 rings (SSSR count). The Bertz CT molecular complexity index is 516. The highest BCUT2D eigenvalue weighted by atomic mass is 35.5. The molecule has 0 aromatic heterocycles. The number of rotatable bonds is 1. The minimum Gasteiger partial charge on any atom is -0.376 e. The summed E-state index contributed by atoms with van der Waals surface area (Å²) in [6.45, 7) is -1.11. The molecule has 5 nitrogen and oxygen atoms in total. The molecule has 9 heteroatoms. The number of aliphatic imine (C=N–C) groups is 2. The summed E-state index contributed by atoms with van der Waals surface area (Å²) in [4.78, 5) is 11.0. The van der Waals surface area contributed by atoms with Gasteiger partial charge in [0.2, 0.25) is 5.29 Å². The Balaban J connectivity index is 2.01. The predicted molar refractivity (Wildman–Crippen MR) is 77.1 cm³/mol. The Hall–Kier alpha value is -0.860. The van der Waals surface area contributed by atoms with Crippen molar-refractivity contribution in [3.8, 4) is 0 Å². The van der Waals surface area contributed by atoms with Gasteiger partial charge in [0.1, 0.15) is 12.1 Å². The summed E-state index contributed by atoms with van der Waals surface area (Å²) >= 11 is 5.85. The van der Waals surface area contributed by atoms with E-state index in [2.05, 4.69) is 9.98 Å². The number of nitrogens with zero attached hydrogens (tertiary/aromatic N) is 4. The number of hydrogen-bond donors (Lipinski definition) is 1. The van der Waals surface area contributed by atoms with Crippen LogP contribution in [0.5, 0.6) is 0 Å². The van der Waals surface area contributed by atoms with Crippen LogP contribution in [0.15, 0.2) is 9.98 Å². The molecule has 1 aliphatic carbocycles. The largest absolute Gasteiger partial charge is 0.401 e. The van der Waals surface area contributed by atoms with E-state index >= 15 is 0 Å². The maximum absolute atomic E-state index is 13.0. The molecule has 2 fully saturated rings. The van der Waals surface area contributed by atoms with Crippen molar-refractivity contribution in [2.24, 2.45) is 9.98 Å². The summed E-state index contributed by atoms with van der Waals surface area (Å²) in [7, 11) is 1.78. The zero-order valence-electron chi connectivity index (χ0n) is 12.1. The van der Waals surface area contributed by atoms with Gasteiger partial charge in [0, 0.05) is 7.05 Å². The second kappa shape index (κ2) is 5.35. The van der Waals surface area contributed by atoms with Crippen molar-refractivity contribution in [2.75, 3.05) is 20.1 Å². The lowest BCUT2D eigenvalue weighted by atomic mass is 9.87. The van der Waals surface area contributed by atoms with Gasteiger partial charge in [0.05, 0.1) is 24.7 Å². The number of hydrogen-bond acceptors (Lipinski definition) is 5. The molecule has 0 radical (unpaired) electrons. The Labute approximate surface area is 131 Å². The monoisotopic (exact) mass is 338 g/mol. The van der Waals surface area contributed by atoms with E-state index in [4.69, 9.17) is 11.6 Å². The molecule has 0 amide bonds. The first-order valence-corrected chi connectivity index (χ1v) is 7.65. The van der Waals surface area contributed by atoms with Crippen LogP contribution in [0.25, 0.3) is 0 Å². The number of likely N-dealkylation sites (N-methyl/N-ethyl adjacent to an activating group) is 1. The molecule has 0 aromatic rings. The van der Waals surface area contributed by atoms with Crippen LogP contribution in [-0.2, 0) is 0 Å². The summed E-state index contributed by atoms with van der Waals surface area (Å²) < 4.78 is 38.9. The summed E-state index contributed by atoms with van der Waals surface area (Å²) in [5.74, 6) is 0.469. The fourth-order valence-corrected chi connectivity index (χ4v) is 4.02. The van der Waals surface area contributed by atoms with E-state index in [-0.39, 0.29) is 11.8 Å². The van der Waals surface area contributed by atoms with Gasteiger partial charge in [0.15, 0.2) is 0 Å². The van der Waals surface area contributed by atoms with Crippen molar-refractivity contribution in [1.29, 1.82) is 0 Å². The summed E-state index contributed by atoms with van der Waals surface area (Å²) in [5, 5.41) is 10.8. The Morgan fingerprint density at radius 3 is 2.59 bits per heavy atom.